The van der Waals surface area contributed by atoms with Gasteiger partial charge in [0.2, 0.25) is 11.8 Å². The molecule has 0 rings (SSSR count). The maximum atomic E-state index is 11.5. The Kier molecular flexibility index (Phi) is 7.54. The van der Waals surface area contributed by atoms with Crippen LogP contribution in [0.3, 0.4) is 0 Å². The lowest BCUT2D eigenvalue weighted by Crippen LogP contribution is -2.45. The monoisotopic (exact) mass is 229 g/mol. The highest BCUT2D eigenvalue weighted by atomic mass is 16.2. The molecule has 0 bridgehead atoms. The van der Waals surface area contributed by atoms with E-state index in [0.717, 1.165) is 0 Å². The first-order valence-corrected chi connectivity index (χ1v) is 5.74. The molecule has 0 heterocycles. The van der Waals surface area contributed by atoms with Crippen molar-refractivity contribution in [2.45, 2.75) is 39.7 Å². The van der Waals surface area contributed by atoms with E-state index in [1.165, 1.54) is 0 Å². The van der Waals surface area contributed by atoms with Crippen LogP contribution in [0.15, 0.2) is 0 Å². The Morgan fingerprint density at radius 3 is 2.38 bits per heavy atom. The van der Waals surface area contributed by atoms with Crippen LogP contribution in [0.2, 0.25) is 0 Å². The Balaban J connectivity index is 3.81. The van der Waals surface area contributed by atoms with Crippen molar-refractivity contribution in [1.82, 2.24) is 10.6 Å². The lowest BCUT2D eigenvalue weighted by molar-refractivity contribution is -0.128. The van der Waals surface area contributed by atoms with E-state index in [9.17, 15) is 9.59 Å². The van der Waals surface area contributed by atoms with Crippen molar-refractivity contribution in [2.75, 3.05) is 13.1 Å². The number of carbonyl (C=O) groups excluding carboxylic acids is 2. The number of nitrogens with one attached hydrogen (secondary N) is 2. The molecule has 0 aliphatic carbocycles. The Bertz CT molecular complexity index is 229. The lowest BCUT2D eigenvalue weighted by Gasteiger charge is -2.15. The van der Waals surface area contributed by atoms with Gasteiger partial charge in [0.25, 0.3) is 0 Å². The summed E-state index contributed by atoms with van der Waals surface area (Å²) < 4.78 is 0. The van der Waals surface area contributed by atoms with Gasteiger partial charge in [-0.1, -0.05) is 13.8 Å². The normalized spacial score (nSPS) is 12.3. The summed E-state index contributed by atoms with van der Waals surface area (Å²) in [5.41, 5.74) is 5.29. The van der Waals surface area contributed by atoms with Crippen LogP contribution in [0.5, 0.6) is 0 Å². The molecule has 0 aliphatic heterocycles. The smallest absolute Gasteiger partial charge is 0.242 e. The van der Waals surface area contributed by atoms with Gasteiger partial charge in [-0.2, -0.15) is 0 Å². The van der Waals surface area contributed by atoms with Gasteiger partial charge in [-0.05, 0) is 25.8 Å². The van der Waals surface area contributed by atoms with E-state index in [1.54, 1.807) is 6.92 Å². The molecule has 1 unspecified atom stereocenters. The minimum atomic E-state index is -0.482. The summed E-state index contributed by atoms with van der Waals surface area (Å²) in [6.07, 6.45) is 1.02. The molecule has 16 heavy (non-hydrogen) atoms. The van der Waals surface area contributed by atoms with Crippen LogP contribution in [0.1, 0.15) is 33.6 Å². The number of hydrogen-bond donors (Lipinski definition) is 3. The van der Waals surface area contributed by atoms with Crippen molar-refractivity contribution in [1.29, 1.82) is 0 Å². The molecule has 0 aromatic carbocycles. The zero-order valence-electron chi connectivity index (χ0n) is 10.4. The Morgan fingerprint density at radius 1 is 1.25 bits per heavy atom. The van der Waals surface area contributed by atoms with Crippen molar-refractivity contribution in [2.24, 2.45) is 11.7 Å². The molecule has 4 N–H and O–H groups in total. The SMILES string of the molecule is CC(C)CNC(=O)C(C)NC(=O)CCCN. The number of carbonyl (C=O) groups is 2. The second-order valence-electron chi connectivity index (χ2n) is 4.32. The molecule has 0 saturated heterocycles. The van der Waals surface area contributed by atoms with Crippen LogP contribution in [-0.2, 0) is 9.59 Å². The molecular formula is C11H23N3O2. The molecule has 0 aromatic heterocycles. The van der Waals surface area contributed by atoms with E-state index in [-0.39, 0.29) is 11.8 Å². The average molecular weight is 229 g/mol. The first kappa shape index (κ1) is 14.9. The fourth-order valence-corrected chi connectivity index (χ4v) is 1.10. The second-order valence-corrected chi connectivity index (χ2v) is 4.32. The van der Waals surface area contributed by atoms with Crippen LogP contribution in [0.4, 0.5) is 0 Å². The van der Waals surface area contributed by atoms with Crippen LogP contribution >= 0.6 is 0 Å². The summed E-state index contributed by atoms with van der Waals surface area (Å²) in [6, 6.07) is -0.482. The highest BCUT2D eigenvalue weighted by Gasteiger charge is 2.14. The minimum Gasteiger partial charge on any atom is -0.354 e. The number of rotatable bonds is 7. The minimum absolute atomic E-state index is 0.127. The van der Waals surface area contributed by atoms with Crippen molar-refractivity contribution in [3.05, 3.63) is 0 Å². The lowest BCUT2D eigenvalue weighted by atomic mass is 10.2. The summed E-state index contributed by atoms with van der Waals surface area (Å²) in [6.45, 7) is 6.83. The Hall–Kier alpha value is -1.10. The van der Waals surface area contributed by atoms with Gasteiger partial charge in [0, 0.05) is 13.0 Å². The standard InChI is InChI=1S/C11H23N3O2/c1-8(2)7-13-11(16)9(3)14-10(15)5-4-6-12/h8-9H,4-7,12H2,1-3H3,(H,13,16)(H,14,15). The van der Waals surface area contributed by atoms with E-state index in [2.05, 4.69) is 10.6 Å². The molecule has 0 saturated carbocycles. The summed E-state index contributed by atoms with van der Waals surface area (Å²) in [7, 11) is 0. The van der Waals surface area contributed by atoms with Crippen LogP contribution < -0.4 is 16.4 Å². The summed E-state index contributed by atoms with van der Waals surface area (Å²) in [4.78, 5) is 22.8. The van der Waals surface area contributed by atoms with Crippen LogP contribution in [-0.4, -0.2) is 30.9 Å². The third kappa shape index (κ3) is 7.23. The van der Waals surface area contributed by atoms with E-state index in [0.29, 0.717) is 31.8 Å². The Morgan fingerprint density at radius 2 is 1.88 bits per heavy atom. The molecule has 1 atom stereocenters. The van der Waals surface area contributed by atoms with E-state index in [1.807, 2.05) is 13.8 Å². The topological polar surface area (TPSA) is 84.2 Å². The maximum Gasteiger partial charge on any atom is 0.242 e. The highest BCUT2D eigenvalue weighted by molar-refractivity contribution is 5.87. The first-order valence-electron chi connectivity index (χ1n) is 5.74. The largest absolute Gasteiger partial charge is 0.354 e. The van der Waals surface area contributed by atoms with E-state index >= 15 is 0 Å². The Labute approximate surface area is 97.2 Å². The predicted molar refractivity (Wildman–Crippen MR) is 63.7 cm³/mol. The first-order chi connectivity index (χ1) is 7.47. The molecule has 0 aromatic rings. The molecule has 5 heteroatoms. The number of amides is 2. The zero-order valence-corrected chi connectivity index (χ0v) is 10.4. The molecule has 2 amide bonds. The van der Waals surface area contributed by atoms with Gasteiger partial charge in [0.05, 0.1) is 0 Å². The fraction of sp³-hybridized carbons (Fsp3) is 0.818. The second kappa shape index (κ2) is 8.10. The third-order valence-electron chi connectivity index (χ3n) is 2.06. The highest BCUT2D eigenvalue weighted by Crippen LogP contribution is 1.91. The van der Waals surface area contributed by atoms with Crippen molar-refractivity contribution in [3.63, 3.8) is 0 Å². The zero-order chi connectivity index (χ0) is 12.6. The van der Waals surface area contributed by atoms with Crippen LogP contribution in [0.25, 0.3) is 0 Å². The molecule has 0 aliphatic rings. The van der Waals surface area contributed by atoms with E-state index in [4.69, 9.17) is 5.73 Å². The fourth-order valence-electron chi connectivity index (χ4n) is 1.10. The van der Waals surface area contributed by atoms with Gasteiger partial charge < -0.3 is 16.4 Å². The van der Waals surface area contributed by atoms with Gasteiger partial charge in [-0.25, -0.2) is 0 Å². The number of hydrogen-bond acceptors (Lipinski definition) is 3. The quantitative estimate of drug-likeness (QED) is 0.574. The molecule has 0 spiro atoms. The third-order valence-corrected chi connectivity index (χ3v) is 2.06. The van der Waals surface area contributed by atoms with Crippen molar-refractivity contribution >= 4 is 11.8 Å². The molecule has 5 nitrogen and oxygen atoms in total. The number of nitrogens with two attached hydrogens (primary N) is 1. The maximum absolute atomic E-state index is 11.5. The molecule has 0 radical (unpaired) electrons. The van der Waals surface area contributed by atoms with Gasteiger partial charge in [-0.3, -0.25) is 9.59 Å². The summed E-state index contributed by atoms with van der Waals surface area (Å²) >= 11 is 0. The van der Waals surface area contributed by atoms with E-state index < -0.39 is 6.04 Å². The molecular weight excluding hydrogens is 206 g/mol. The molecule has 94 valence electrons. The van der Waals surface area contributed by atoms with Crippen molar-refractivity contribution < 1.29 is 9.59 Å². The average Bonchev–Trinajstić information content (AvgIpc) is 2.22. The molecule has 0 fully saturated rings. The van der Waals surface area contributed by atoms with Crippen molar-refractivity contribution in [3.8, 4) is 0 Å². The summed E-state index contributed by atoms with van der Waals surface area (Å²) in [5.74, 6) is 0.136. The van der Waals surface area contributed by atoms with Gasteiger partial charge >= 0.3 is 0 Å². The van der Waals surface area contributed by atoms with Gasteiger partial charge in [-0.15, -0.1) is 0 Å². The predicted octanol–water partition coefficient (Wildman–Crippen LogP) is 0.00220. The van der Waals surface area contributed by atoms with Gasteiger partial charge in [0.15, 0.2) is 0 Å². The van der Waals surface area contributed by atoms with Gasteiger partial charge in [0.1, 0.15) is 6.04 Å². The van der Waals surface area contributed by atoms with Crippen LogP contribution in [0, 0.1) is 5.92 Å². The summed E-state index contributed by atoms with van der Waals surface area (Å²) in [5, 5.41) is 5.40.